The monoisotopic (exact) mass is 251 g/mol. The van der Waals surface area contributed by atoms with Crippen LogP contribution in [0.5, 0.6) is 0 Å². The van der Waals surface area contributed by atoms with Crippen LogP contribution in [-0.4, -0.2) is 35.3 Å². The van der Waals surface area contributed by atoms with Crippen molar-refractivity contribution < 1.29 is 5.11 Å². The molecule has 0 aliphatic heterocycles. The highest BCUT2D eigenvalue weighted by molar-refractivity contribution is 7.18. The lowest BCUT2D eigenvalue weighted by atomic mass is 10.2. The normalized spacial score (nSPS) is 11.1. The van der Waals surface area contributed by atoms with Crippen molar-refractivity contribution in [2.24, 2.45) is 0 Å². The third-order valence-electron chi connectivity index (χ3n) is 2.92. The fourth-order valence-corrected chi connectivity index (χ4v) is 2.93. The maximum absolute atomic E-state index is 9.03. The van der Waals surface area contributed by atoms with Crippen molar-refractivity contribution in [2.45, 2.75) is 20.8 Å². The number of anilines is 1. The molecular formula is C12H17N3OS. The van der Waals surface area contributed by atoms with Crippen LogP contribution in [0.3, 0.4) is 0 Å². The lowest BCUT2D eigenvalue weighted by molar-refractivity contribution is 0.304. The Morgan fingerprint density at radius 3 is 2.59 bits per heavy atom. The molecule has 1 N–H and O–H groups in total. The molecule has 0 fully saturated rings. The topological polar surface area (TPSA) is 49.2 Å². The van der Waals surface area contributed by atoms with E-state index in [2.05, 4.69) is 23.8 Å². The molecule has 2 heterocycles. The summed E-state index contributed by atoms with van der Waals surface area (Å²) in [5.74, 6) is 1.70. The first-order chi connectivity index (χ1) is 8.04. The molecule has 92 valence electrons. The van der Waals surface area contributed by atoms with Crippen molar-refractivity contribution in [3.05, 3.63) is 16.3 Å². The van der Waals surface area contributed by atoms with Gasteiger partial charge in [0.05, 0.1) is 12.0 Å². The maximum atomic E-state index is 9.03. The first kappa shape index (κ1) is 12.3. The highest BCUT2D eigenvalue weighted by Crippen LogP contribution is 2.34. The average Bonchev–Trinajstić information content (AvgIpc) is 2.54. The second-order valence-corrected chi connectivity index (χ2v) is 5.41. The number of hydrogen-bond acceptors (Lipinski definition) is 5. The Labute approximate surface area is 105 Å². The summed E-state index contributed by atoms with van der Waals surface area (Å²) in [6, 6.07) is 0. The summed E-state index contributed by atoms with van der Waals surface area (Å²) < 4.78 is 0. The standard InChI is InChI=1S/C12H17N3OS/c1-7-8(2)17-12-10(7)11(13-9(3)14-12)15(4)5-6-16/h16H,5-6H2,1-4H3. The molecule has 0 atom stereocenters. The molecule has 0 saturated heterocycles. The molecule has 17 heavy (non-hydrogen) atoms. The molecule has 4 nitrogen and oxygen atoms in total. The number of likely N-dealkylation sites (N-methyl/N-ethyl adjacent to an activating group) is 1. The zero-order chi connectivity index (χ0) is 12.6. The van der Waals surface area contributed by atoms with Crippen molar-refractivity contribution in [1.82, 2.24) is 9.97 Å². The van der Waals surface area contributed by atoms with Gasteiger partial charge in [-0.05, 0) is 26.3 Å². The number of aromatic nitrogens is 2. The summed E-state index contributed by atoms with van der Waals surface area (Å²) >= 11 is 1.70. The molecule has 0 aliphatic rings. The fraction of sp³-hybridized carbons (Fsp3) is 0.500. The van der Waals surface area contributed by atoms with Gasteiger partial charge in [-0.3, -0.25) is 0 Å². The van der Waals surface area contributed by atoms with Gasteiger partial charge in [0.2, 0.25) is 0 Å². The minimum Gasteiger partial charge on any atom is -0.395 e. The summed E-state index contributed by atoms with van der Waals surface area (Å²) in [4.78, 5) is 13.3. The van der Waals surface area contributed by atoms with E-state index < -0.39 is 0 Å². The molecular weight excluding hydrogens is 234 g/mol. The van der Waals surface area contributed by atoms with Gasteiger partial charge in [0.15, 0.2) is 0 Å². The Bertz CT molecular complexity index is 550. The molecule has 0 amide bonds. The first-order valence-electron chi connectivity index (χ1n) is 5.61. The second-order valence-electron chi connectivity index (χ2n) is 4.20. The zero-order valence-corrected chi connectivity index (χ0v) is 11.4. The van der Waals surface area contributed by atoms with E-state index in [1.807, 2.05) is 18.9 Å². The number of aliphatic hydroxyl groups excluding tert-OH is 1. The highest BCUT2D eigenvalue weighted by atomic mass is 32.1. The molecule has 0 saturated carbocycles. The van der Waals surface area contributed by atoms with E-state index in [9.17, 15) is 0 Å². The smallest absolute Gasteiger partial charge is 0.141 e. The van der Waals surface area contributed by atoms with Crippen LogP contribution < -0.4 is 4.90 Å². The molecule has 0 aliphatic carbocycles. The largest absolute Gasteiger partial charge is 0.395 e. The van der Waals surface area contributed by atoms with Gasteiger partial charge >= 0.3 is 0 Å². The highest BCUT2D eigenvalue weighted by Gasteiger charge is 2.15. The van der Waals surface area contributed by atoms with E-state index in [1.54, 1.807) is 11.3 Å². The Morgan fingerprint density at radius 1 is 1.24 bits per heavy atom. The predicted molar refractivity (Wildman–Crippen MR) is 72.0 cm³/mol. The lowest BCUT2D eigenvalue weighted by Gasteiger charge is -2.18. The maximum Gasteiger partial charge on any atom is 0.141 e. The van der Waals surface area contributed by atoms with E-state index in [4.69, 9.17) is 5.11 Å². The number of aryl methyl sites for hydroxylation is 3. The Hall–Kier alpha value is -1.20. The van der Waals surface area contributed by atoms with E-state index in [0.29, 0.717) is 6.54 Å². The first-order valence-corrected chi connectivity index (χ1v) is 6.42. The summed E-state index contributed by atoms with van der Waals surface area (Å²) in [5.41, 5.74) is 1.24. The van der Waals surface area contributed by atoms with Crippen LogP contribution in [0.2, 0.25) is 0 Å². The van der Waals surface area contributed by atoms with Crippen LogP contribution in [0.4, 0.5) is 5.82 Å². The molecule has 2 aromatic heterocycles. The van der Waals surface area contributed by atoms with Crippen molar-refractivity contribution in [3.63, 3.8) is 0 Å². The number of fused-ring (bicyclic) bond motifs is 1. The van der Waals surface area contributed by atoms with Gasteiger partial charge in [0.1, 0.15) is 16.5 Å². The molecule has 0 radical (unpaired) electrons. The van der Waals surface area contributed by atoms with Gasteiger partial charge < -0.3 is 10.0 Å². The van der Waals surface area contributed by atoms with Crippen LogP contribution in [0.25, 0.3) is 10.2 Å². The molecule has 2 rings (SSSR count). The van der Waals surface area contributed by atoms with E-state index >= 15 is 0 Å². The summed E-state index contributed by atoms with van der Waals surface area (Å²) in [5, 5.41) is 10.2. The van der Waals surface area contributed by atoms with E-state index in [-0.39, 0.29) is 6.61 Å². The molecule has 2 aromatic rings. The number of hydrogen-bond donors (Lipinski definition) is 1. The minimum absolute atomic E-state index is 0.128. The van der Waals surface area contributed by atoms with Gasteiger partial charge in [0, 0.05) is 18.5 Å². The summed E-state index contributed by atoms with van der Waals surface area (Å²) in [6.07, 6.45) is 0. The molecule has 0 aromatic carbocycles. The molecule has 0 spiro atoms. The minimum atomic E-state index is 0.128. The number of rotatable bonds is 3. The fourth-order valence-electron chi connectivity index (χ4n) is 1.86. The zero-order valence-electron chi connectivity index (χ0n) is 10.6. The number of nitrogens with zero attached hydrogens (tertiary/aromatic N) is 3. The van der Waals surface area contributed by atoms with Gasteiger partial charge in [-0.2, -0.15) is 0 Å². The van der Waals surface area contributed by atoms with Crippen molar-refractivity contribution >= 4 is 27.4 Å². The molecule has 5 heteroatoms. The van der Waals surface area contributed by atoms with Gasteiger partial charge in [0.25, 0.3) is 0 Å². The van der Waals surface area contributed by atoms with Crippen LogP contribution >= 0.6 is 11.3 Å². The van der Waals surface area contributed by atoms with Crippen molar-refractivity contribution in [2.75, 3.05) is 25.1 Å². The van der Waals surface area contributed by atoms with Crippen LogP contribution in [-0.2, 0) is 0 Å². The number of aliphatic hydroxyl groups is 1. The average molecular weight is 251 g/mol. The van der Waals surface area contributed by atoms with Crippen LogP contribution in [0, 0.1) is 20.8 Å². The van der Waals surface area contributed by atoms with Crippen molar-refractivity contribution in [3.8, 4) is 0 Å². The Balaban J connectivity index is 2.67. The molecule has 0 bridgehead atoms. The van der Waals surface area contributed by atoms with E-state index in [0.717, 1.165) is 21.9 Å². The van der Waals surface area contributed by atoms with Gasteiger partial charge in [-0.25, -0.2) is 9.97 Å². The second kappa shape index (κ2) is 4.58. The Kier molecular flexibility index (Phi) is 3.31. The third kappa shape index (κ3) is 2.12. The van der Waals surface area contributed by atoms with Crippen LogP contribution in [0.15, 0.2) is 0 Å². The Morgan fingerprint density at radius 2 is 1.94 bits per heavy atom. The summed E-state index contributed by atoms with van der Waals surface area (Å²) in [6.45, 7) is 6.82. The quantitative estimate of drug-likeness (QED) is 0.907. The van der Waals surface area contributed by atoms with E-state index in [1.165, 1.54) is 10.4 Å². The lowest BCUT2D eigenvalue weighted by Crippen LogP contribution is -2.23. The van der Waals surface area contributed by atoms with Crippen LogP contribution in [0.1, 0.15) is 16.3 Å². The predicted octanol–water partition coefficient (Wildman–Crippen LogP) is 2.05. The van der Waals surface area contributed by atoms with Gasteiger partial charge in [-0.1, -0.05) is 0 Å². The molecule has 0 unspecified atom stereocenters. The third-order valence-corrected chi connectivity index (χ3v) is 4.02. The van der Waals surface area contributed by atoms with Crippen molar-refractivity contribution in [1.29, 1.82) is 0 Å². The van der Waals surface area contributed by atoms with Gasteiger partial charge in [-0.15, -0.1) is 11.3 Å². The summed E-state index contributed by atoms with van der Waals surface area (Å²) in [7, 11) is 1.95. The number of thiophene rings is 1. The SMILES string of the molecule is Cc1nc(N(C)CCO)c2c(C)c(C)sc2n1.